The van der Waals surface area contributed by atoms with Crippen molar-refractivity contribution in [2.24, 2.45) is 5.92 Å². The van der Waals surface area contributed by atoms with E-state index in [0.717, 1.165) is 0 Å². The van der Waals surface area contributed by atoms with Crippen LogP contribution in [0.2, 0.25) is 0 Å². The number of tetrazole rings is 1. The van der Waals surface area contributed by atoms with Crippen molar-refractivity contribution in [3.05, 3.63) is 60.4 Å². The third-order valence-electron chi connectivity index (χ3n) is 4.64. The van der Waals surface area contributed by atoms with E-state index in [1.807, 2.05) is 0 Å². The molecule has 174 valence electrons. The molecule has 1 aromatic heterocycles. The summed E-state index contributed by atoms with van der Waals surface area (Å²) in [7, 11) is -2.52. The zero-order chi connectivity index (χ0) is 24.0. The van der Waals surface area contributed by atoms with Gasteiger partial charge < -0.3 is 4.74 Å². The van der Waals surface area contributed by atoms with E-state index in [4.69, 9.17) is 4.74 Å². The molecule has 3 N–H and O–H groups in total. The van der Waals surface area contributed by atoms with Gasteiger partial charge in [-0.3, -0.25) is 20.4 Å². The Hall–Kier alpha value is -3.84. The van der Waals surface area contributed by atoms with Crippen molar-refractivity contribution in [2.75, 3.05) is 7.11 Å². The maximum atomic E-state index is 12.7. The molecule has 0 aliphatic rings. The van der Waals surface area contributed by atoms with E-state index in [9.17, 15) is 18.0 Å². The topological polar surface area (TPSA) is 157 Å². The summed E-state index contributed by atoms with van der Waals surface area (Å²) in [6.07, 6.45) is 1.41. The molecule has 0 saturated heterocycles. The zero-order valence-electron chi connectivity index (χ0n) is 18.1. The average molecular weight is 474 g/mol. The van der Waals surface area contributed by atoms with Crippen LogP contribution in [0.25, 0.3) is 5.69 Å². The second-order valence-corrected chi connectivity index (χ2v) is 8.98. The van der Waals surface area contributed by atoms with Crippen LogP contribution in [0.15, 0.2) is 59.8 Å². The van der Waals surface area contributed by atoms with Crippen LogP contribution in [0, 0.1) is 5.92 Å². The molecule has 0 fully saturated rings. The monoisotopic (exact) mass is 473 g/mol. The van der Waals surface area contributed by atoms with Crippen LogP contribution in [0.5, 0.6) is 5.75 Å². The fourth-order valence-corrected chi connectivity index (χ4v) is 4.14. The third-order valence-corrected chi connectivity index (χ3v) is 6.10. The van der Waals surface area contributed by atoms with Gasteiger partial charge in [0, 0.05) is 5.56 Å². The van der Waals surface area contributed by atoms with Gasteiger partial charge in [-0.1, -0.05) is 13.8 Å². The van der Waals surface area contributed by atoms with Crippen LogP contribution in [-0.2, 0) is 14.8 Å². The smallest absolute Gasteiger partial charge is 0.269 e. The molecule has 33 heavy (non-hydrogen) atoms. The molecule has 0 unspecified atom stereocenters. The molecule has 0 aliphatic heterocycles. The molecule has 3 aromatic rings. The van der Waals surface area contributed by atoms with E-state index < -0.39 is 33.8 Å². The van der Waals surface area contributed by atoms with Crippen LogP contribution in [0.1, 0.15) is 24.2 Å². The van der Waals surface area contributed by atoms with Crippen molar-refractivity contribution in [2.45, 2.75) is 24.8 Å². The average Bonchev–Trinajstić information content (AvgIpc) is 3.36. The number of carbonyl (C=O) groups is 2. The summed E-state index contributed by atoms with van der Waals surface area (Å²) in [5, 5.41) is 10.8. The van der Waals surface area contributed by atoms with Gasteiger partial charge in [0.1, 0.15) is 18.1 Å². The van der Waals surface area contributed by atoms with Gasteiger partial charge >= 0.3 is 0 Å². The molecule has 0 radical (unpaired) electrons. The fraction of sp³-hybridized carbons (Fsp3) is 0.250. The summed E-state index contributed by atoms with van der Waals surface area (Å²) in [5.74, 6) is -1.18. The summed E-state index contributed by atoms with van der Waals surface area (Å²) >= 11 is 0. The number of carbonyl (C=O) groups excluding carboxylic acids is 2. The molecular formula is C20H23N7O5S. The number of amides is 2. The first-order chi connectivity index (χ1) is 15.7. The minimum atomic E-state index is -3.99. The lowest BCUT2D eigenvalue weighted by atomic mass is 10.1. The standard InChI is InChI=1S/C20H23N7O5S/c1-13(2)18(24-33(30,31)17-10-8-16(32-3)9-11-17)20(29)23-22-19(28)14-4-6-15(7-5-14)27-12-21-25-26-27/h4-13,18,24H,1-3H3,(H,22,28)(H,23,29)/t18-/m0/s1. The van der Waals surface area contributed by atoms with Gasteiger partial charge in [-0.2, -0.15) is 4.72 Å². The minimum Gasteiger partial charge on any atom is -0.497 e. The van der Waals surface area contributed by atoms with Gasteiger partial charge in [-0.05, 0) is 64.9 Å². The van der Waals surface area contributed by atoms with Crippen LogP contribution in [0.4, 0.5) is 0 Å². The van der Waals surface area contributed by atoms with Crippen LogP contribution >= 0.6 is 0 Å². The van der Waals surface area contributed by atoms with Crippen molar-refractivity contribution in [3.63, 3.8) is 0 Å². The fourth-order valence-electron chi connectivity index (χ4n) is 2.80. The van der Waals surface area contributed by atoms with Crippen molar-refractivity contribution in [1.82, 2.24) is 35.8 Å². The van der Waals surface area contributed by atoms with Gasteiger partial charge in [0.15, 0.2) is 0 Å². The number of nitrogens with one attached hydrogen (secondary N) is 3. The van der Waals surface area contributed by atoms with Crippen LogP contribution < -0.4 is 20.3 Å². The molecule has 2 amide bonds. The summed E-state index contributed by atoms with van der Waals surface area (Å²) in [5.41, 5.74) is 5.48. The van der Waals surface area contributed by atoms with Gasteiger partial charge in [-0.25, -0.2) is 13.1 Å². The number of sulfonamides is 1. The van der Waals surface area contributed by atoms with E-state index in [0.29, 0.717) is 11.4 Å². The maximum absolute atomic E-state index is 12.7. The Kier molecular flexibility index (Phi) is 7.35. The number of rotatable bonds is 8. The second-order valence-electron chi connectivity index (χ2n) is 7.26. The number of methoxy groups -OCH3 is 1. The number of aromatic nitrogens is 4. The predicted molar refractivity (Wildman–Crippen MR) is 117 cm³/mol. The first-order valence-electron chi connectivity index (χ1n) is 9.81. The Bertz CT molecular complexity index is 1190. The molecule has 13 heteroatoms. The lowest BCUT2D eigenvalue weighted by molar-refractivity contribution is -0.124. The summed E-state index contributed by atoms with van der Waals surface area (Å²) < 4.78 is 34.2. The maximum Gasteiger partial charge on any atom is 0.269 e. The molecular weight excluding hydrogens is 450 g/mol. The predicted octanol–water partition coefficient (Wildman–Crippen LogP) is 0.435. The molecule has 1 atom stereocenters. The highest BCUT2D eigenvalue weighted by atomic mass is 32.2. The van der Waals surface area contributed by atoms with E-state index in [2.05, 4.69) is 31.1 Å². The summed E-state index contributed by atoms with van der Waals surface area (Å²) in [6.45, 7) is 3.36. The Morgan fingerprint density at radius 1 is 1.00 bits per heavy atom. The van der Waals surface area contributed by atoms with Crippen molar-refractivity contribution in [1.29, 1.82) is 0 Å². The molecule has 0 saturated carbocycles. The quantitative estimate of drug-likeness (QED) is 0.398. The highest BCUT2D eigenvalue weighted by Crippen LogP contribution is 2.17. The number of benzene rings is 2. The lowest BCUT2D eigenvalue weighted by Crippen LogP contribution is -2.54. The second kappa shape index (κ2) is 10.2. The molecule has 2 aromatic carbocycles. The van der Waals surface area contributed by atoms with Gasteiger partial charge in [0.25, 0.3) is 11.8 Å². The Balaban J connectivity index is 1.63. The van der Waals surface area contributed by atoms with Gasteiger partial charge in [0.2, 0.25) is 10.0 Å². The highest BCUT2D eigenvalue weighted by molar-refractivity contribution is 7.89. The lowest BCUT2D eigenvalue weighted by Gasteiger charge is -2.22. The van der Waals surface area contributed by atoms with E-state index in [1.54, 1.807) is 26.0 Å². The molecule has 0 aliphatic carbocycles. The number of nitrogens with zero attached hydrogens (tertiary/aromatic N) is 4. The summed E-state index contributed by atoms with van der Waals surface area (Å²) in [6, 6.07) is 11.0. The molecule has 12 nitrogen and oxygen atoms in total. The van der Waals surface area contributed by atoms with E-state index >= 15 is 0 Å². The van der Waals surface area contributed by atoms with Gasteiger partial charge in [-0.15, -0.1) is 5.10 Å². The highest BCUT2D eigenvalue weighted by Gasteiger charge is 2.28. The van der Waals surface area contributed by atoms with E-state index in [1.165, 1.54) is 54.5 Å². The number of hydrogen-bond acceptors (Lipinski definition) is 8. The third kappa shape index (κ3) is 5.90. The van der Waals surface area contributed by atoms with Crippen molar-refractivity contribution < 1.29 is 22.7 Å². The number of hydrazine groups is 1. The van der Waals surface area contributed by atoms with Gasteiger partial charge in [0.05, 0.1) is 17.7 Å². The molecule has 0 bridgehead atoms. The normalized spacial score (nSPS) is 12.2. The minimum absolute atomic E-state index is 0.0199. The first-order valence-corrected chi connectivity index (χ1v) is 11.3. The Morgan fingerprint density at radius 3 is 2.21 bits per heavy atom. The SMILES string of the molecule is COc1ccc(S(=O)(=O)N[C@H](C(=O)NNC(=O)c2ccc(-n3cnnn3)cc2)C(C)C)cc1. The molecule has 3 rings (SSSR count). The van der Waals surface area contributed by atoms with Crippen LogP contribution in [-0.4, -0.2) is 53.6 Å². The van der Waals surface area contributed by atoms with Crippen molar-refractivity contribution in [3.8, 4) is 11.4 Å². The van der Waals surface area contributed by atoms with E-state index in [-0.39, 0.29) is 10.5 Å². The Labute approximate surface area is 190 Å². The number of ether oxygens (including phenoxy) is 1. The first kappa shape index (κ1) is 23.8. The van der Waals surface area contributed by atoms with Crippen LogP contribution in [0.3, 0.4) is 0 Å². The molecule has 0 spiro atoms. The summed E-state index contributed by atoms with van der Waals surface area (Å²) in [4.78, 5) is 25.0. The zero-order valence-corrected chi connectivity index (χ0v) is 18.9. The Morgan fingerprint density at radius 2 is 1.67 bits per heavy atom. The number of hydrogen-bond donors (Lipinski definition) is 3. The van der Waals surface area contributed by atoms with Crippen molar-refractivity contribution >= 4 is 21.8 Å². The largest absolute Gasteiger partial charge is 0.497 e. The molecule has 1 heterocycles.